The highest BCUT2D eigenvalue weighted by atomic mass is 16.2. The second-order valence-electron chi connectivity index (χ2n) is 11.1. The van der Waals surface area contributed by atoms with E-state index in [0.29, 0.717) is 6.04 Å². The summed E-state index contributed by atoms with van der Waals surface area (Å²) in [6.45, 7) is 5.74. The van der Waals surface area contributed by atoms with Gasteiger partial charge in [-0.05, 0) is 56.1 Å². The van der Waals surface area contributed by atoms with Crippen molar-refractivity contribution >= 4 is 6.03 Å². The number of hydrogen-bond acceptors (Lipinski definition) is 4. The van der Waals surface area contributed by atoms with Crippen LogP contribution >= 0.6 is 0 Å². The number of piperidine rings is 2. The number of carbonyl (C=O) groups is 1. The molecule has 2 aromatic carbocycles. The van der Waals surface area contributed by atoms with Crippen LogP contribution in [-0.4, -0.2) is 53.6 Å². The Morgan fingerprint density at radius 2 is 1.83 bits per heavy atom. The maximum absolute atomic E-state index is 13.5. The van der Waals surface area contributed by atoms with Crippen LogP contribution in [0.15, 0.2) is 64.8 Å². The molecule has 7 rings (SSSR count). The molecule has 6 nitrogen and oxygen atoms in total. The van der Waals surface area contributed by atoms with Crippen molar-refractivity contribution in [3.8, 4) is 0 Å². The summed E-state index contributed by atoms with van der Waals surface area (Å²) in [6.07, 6.45) is 5.67. The average Bonchev–Trinajstić information content (AvgIpc) is 3.13. The SMILES string of the molecule is Cc1cccc(C2N=NC3CCN(C(=O)NC4CCC5CCC4N(Cc4ccccc4)C5)CC32)c1. The molecule has 4 aliphatic heterocycles. The number of fused-ring (bicyclic) bond motifs is 5. The van der Waals surface area contributed by atoms with Gasteiger partial charge in [0.2, 0.25) is 0 Å². The minimum atomic E-state index is 0.0605. The van der Waals surface area contributed by atoms with Crippen molar-refractivity contribution in [3.63, 3.8) is 0 Å². The number of likely N-dealkylation sites (tertiary alicyclic amines) is 1. The zero-order valence-electron chi connectivity index (χ0n) is 20.7. The third-order valence-corrected chi connectivity index (χ3v) is 8.76. The summed E-state index contributed by atoms with van der Waals surface area (Å²) in [5, 5.41) is 12.8. The Hall–Kier alpha value is -2.73. The number of benzene rings is 2. The normalized spacial score (nSPS) is 32.3. The van der Waals surface area contributed by atoms with Gasteiger partial charge < -0.3 is 10.2 Å². The van der Waals surface area contributed by atoms with Gasteiger partial charge in [0, 0.05) is 44.2 Å². The van der Waals surface area contributed by atoms with E-state index >= 15 is 0 Å². The van der Waals surface area contributed by atoms with Gasteiger partial charge in [-0.2, -0.15) is 10.2 Å². The molecule has 6 heteroatoms. The Kier molecular flexibility index (Phi) is 6.31. The van der Waals surface area contributed by atoms with Crippen molar-refractivity contribution < 1.29 is 4.79 Å². The predicted molar refractivity (Wildman–Crippen MR) is 137 cm³/mol. The molecule has 3 saturated heterocycles. The van der Waals surface area contributed by atoms with E-state index in [4.69, 9.17) is 0 Å². The Morgan fingerprint density at radius 1 is 0.971 bits per heavy atom. The highest BCUT2D eigenvalue weighted by Crippen LogP contribution is 2.40. The zero-order valence-corrected chi connectivity index (χ0v) is 20.7. The Labute approximate surface area is 208 Å². The van der Waals surface area contributed by atoms with Crippen LogP contribution in [-0.2, 0) is 6.54 Å². The van der Waals surface area contributed by atoms with Gasteiger partial charge in [-0.1, -0.05) is 60.2 Å². The smallest absolute Gasteiger partial charge is 0.317 e. The largest absolute Gasteiger partial charge is 0.334 e. The molecule has 2 aromatic rings. The first-order valence-corrected chi connectivity index (χ1v) is 13.4. The third-order valence-electron chi connectivity index (χ3n) is 8.76. The molecule has 35 heavy (non-hydrogen) atoms. The summed E-state index contributed by atoms with van der Waals surface area (Å²) in [6, 6.07) is 20.4. The minimum absolute atomic E-state index is 0.0605. The predicted octanol–water partition coefficient (Wildman–Crippen LogP) is 5.35. The molecule has 4 fully saturated rings. The molecule has 0 aromatic heterocycles. The molecule has 184 valence electrons. The van der Waals surface area contributed by atoms with Gasteiger partial charge in [-0.15, -0.1) is 0 Å². The van der Waals surface area contributed by atoms with Crippen molar-refractivity contribution in [3.05, 3.63) is 71.3 Å². The highest BCUT2D eigenvalue weighted by molar-refractivity contribution is 5.74. The number of nitrogens with zero attached hydrogens (tertiary/aromatic N) is 4. The highest BCUT2D eigenvalue weighted by Gasteiger charge is 2.43. The fourth-order valence-corrected chi connectivity index (χ4v) is 6.88. The first-order valence-electron chi connectivity index (χ1n) is 13.4. The van der Waals surface area contributed by atoms with Gasteiger partial charge in [0.05, 0.1) is 6.04 Å². The first-order chi connectivity index (χ1) is 17.1. The summed E-state index contributed by atoms with van der Waals surface area (Å²) in [7, 11) is 0. The van der Waals surface area contributed by atoms with E-state index in [1.807, 2.05) is 4.90 Å². The van der Waals surface area contributed by atoms with E-state index in [2.05, 4.69) is 82.0 Å². The molecule has 1 saturated carbocycles. The number of carbonyl (C=O) groups excluding carboxylic acids is 1. The fourth-order valence-electron chi connectivity index (χ4n) is 6.88. The van der Waals surface area contributed by atoms with Gasteiger partial charge in [0.1, 0.15) is 6.04 Å². The molecule has 6 unspecified atom stereocenters. The molecule has 2 bridgehead atoms. The number of nitrogens with one attached hydrogen (secondary N) is 1. The quantitative estimate of drug-likeness (QED) is 0.654. The van der Waals surface area contributed by atoms with Gasteiger partial charge in [0.25, 0.3) is 0 Å². The lowest BCUT2D eigenvalue weighted by Gasteiger charge is -2.41. The lowest BCUT2D eigenvalue weighted by molar-refractivity contribution is 0.0958. The standard InChI is InChI=1S/C29H37N5O/c1-20-6-5-9-23(16-20)28-24-19-33(15-14-25(24)31-32-28)29(35)30-26-12-10-22-11-13-27(26)34(18-22)17-21-7-3-2-4-8-21/h2-9,16,22,24-28H,10-15,17-19H2,1H3,(H,30,35). The average molecular weight is 472 g/mol. The van der Waals surface area contributed by atoms with E-state index < -0.39 is 0 Å². The molecule has 1 N–H and O–H groups in total. The molecular weight excluding hydrogens is 434 g/mol. The molecule has 6 atom stereocenters. The number of aryl methyl sites for hydroxylation is 1. The van der Waals surface area contributed by atoms with Crippen molar-refractivity contribution in [2.45, 2.75) is 69.7 Å². The monoisotopic (exact) mass is 471 g/mol. The fraction of sp³-hybridized carbons (Fsp3) is 0.552. The summed E-state index contributed by atoms with van der Waals surface area (Å²) in [5.74, 6) is 1.03. The van der Waals surface area contributed by atoms with Crippen LogP contribution in [0, 0.1) is 18.8 Å². The number of rotatable bonds is 4. The van der Waals surface area contributed by atoms with E-state index in [1.54, 1.807) is 0 Å². The van der Waals surface area contributed by atoms with Crippen LogP contribution < -0.4 is 5.32 Å². The van der Waals surface area contributed by atoms with Crippen LogP contribution in [0.5, 0.6) is 0 Å². The first kappa shape index (κ1) is 22.7. The lowest BCUT2D eigenvalue weighted by Crippen LogP contribution is -2.56. The number of urea groups is 1. The van der Waals surface area contributed by atoms with Gasteiger partial charge in [0.15, 0.2) is 0 Å². The molecule has 4 heterocycles. The van der Waals surface area contributed by atoms with Gasteiger partial charge in [-0.3, -0.25) is 4.90 Å². The summed E-state index contributed by atoms with van der Waals surface area (Å²) < 4.78 is 0. The minimum Gasteiger partial charge on any atom is -0.334 e. The van der Waals surface area contributed by atoms with Gasteiger partial charge >= 0.3 is 6.03 Å². The summed E-state index contributed by atoms with van der Waals surface area (Å²) in [4.78, 5) is 18.2. The number of amides is 2. The van der Waals surface area contributed by atoms with Crippen LogP contribution in [0.4, 0.5) is 4.79 Å². The Bertz CT molecular complexity index is 1070. The van der Waals surface area contributed by atoms with Crippen molar-refractivity contribution in [1.29, 1.82) is 0 Å². The maximum Gasteiger partial charge on any atom is 0.317 e. The van der Waals surface area contributed by atoms with Crippen LogP contribution in [0.3, 0.4) is 0 Å². The number of hydrogen-bond donors (Lipinski definition) is 1. The maximum atomic E-state index is 13.5. The molecule has 2 amide bonds. The van der Waals surface area contributed by atoms with E-state index in [0.717, 1.165) is 44.9 Å². The van der Waals surface area contributed by atoms with Gasteiger partial charge in [-0.25, -0.2) is 4.79 Å². The summed E-state index contributed by atoms with van der Waals surface area (Å²) >= 11 is 0. The molecular formula is C29H37N5O. The van der Waals surface area contributed by atoms with Crippen molar-refractivity contribution in [1.82, 2.24) is 15.1 Å². The third kappa shape index (κ3) is 4.73. The number of azo groups is 1. The molecule has 1 aliphatic carbocycles. The Morgan fingerprint density at radius 3 is 2.69 bits per heavy atom. The molecule has 0 radical (unpaired) electrons. The van der Waals surface area contributed by atoms with Crippen molar-refractivity contribution in [2.24, 2.45) is 22.1 Å². The van der Waals surface area contributed by atoms with Crippen LogP contribution in [0.25, 0.3) is 0 Å². The van der Waals surface area contributed by atoms with E-state index in [9.17, 15) is 4.79 Å². The second-order valence-corrected chi connectivity index (χ2v) is 11.1. The van der Waals surface area contributed by atoms with Crippen LogP contribution in [0.1, 0.15) is 54.8 Å². The second kappa shape index (κ2) is 9.73. The van der Waals surface area contributed by atoms with Crippen LogP contribution in [0.2, 0.25) is 0 Å². The zero-order chi connectivity index (χ0) is 23.8. The molecule has 0 spiro atoms. The van der Waals surface area contributed by atoms with E-state index in [1.165, 1.54) is 36.0 Å². The topological polar surface area (TPSA) is 60.3 Å². The molecule has 5 aliphatic rings. The lowest BCUT2D eigenvalue weighted by atomic mass is 9.84. The van der Waals surface area contributed by atoms with Crippen molar-refractivity contribution in [2.75, 3.05) is 19.6 Å². The van der Waals surface area contributed by atoms with E-state index in [-0.39, 0.29) is 30.1 Å². The summed E-state index contributed by atoms with van der Waals surface area (Å²) in [5.41, 5.74) is 3.83. The Balaban J connectivity index is 1.13.